The second kappa shape index (κ2) is 3.23. The quantitative estimate of drug-likeness (QED) is 0.585. The van der Waals surface area contributed by atoms with E-state index in [2.05, 4.69) is 4.90 Å². The van der Waals surface area contributed by atoms with Crippen LogP contribution in [0.2, 0.25) is 0 Å². The molecular formula is C10H17NO2. The maximum absolute atomic E-state index is 5.56. The van der Waals surface area contributed by atoms with Crippen LogP contribution in [-0.4, -0.2) is 50.5 Å². The number of hydrogen-bond donors (Lipinski definition) is 0. The van der Waals surface area contributed by atoms with Crippen LogP contribution in [0.5, 0.6) is 0 Å². The summed E-state index contributed by atoms with van der Waals surface area (Å²) in [5.41, 5.74) is 0. The number of ether oxygens (including phenoxy) is 2. The van der Waals surface area contributed by atoms with Gasteiger partial charge in [0.2, 0.25) is 0 Å². The van der Waals surface area contributed by atoms with E-state index in [0.29, 0.717) is 0 Å². The van der Waals surface area contributed by atoms with Crippen LogP contribution >= 0.6 is 0 Å². The van der Waals surface area contributed by atoms with Crippen LogP contribution in [0.25, 0.3) is 0 Å². The summed E-state index contributed by atoms with van der Waals surface area (Å²) < 4.78 is 10.8. The maximum Gasteiger partial charge on any atom is 0.0645 e. The van der Waals surface area contributed by atoms with Crippen molar-refractivity contribution >= 4 is 0 Å². The highest BCUT2D eigenvalue weighted by Gasteiger charge is 2.36. The summed E-state index contributed by atoms with van der Waals surface area (Å²) in [5.74, 6) is 1.60. The Morgan fingerprint density at radius 1 is 0.846 bits per heavy atom. The van der Waals surface area contributed by atoms with E-state index in [1.165, 1.54) is 19.5 Å². The lowest BCUT2D eigenvalue weighted by Gasteiger charge is -2.46. The molecule has 0 amide bonds. The molecule has 0 aromatic rings. The molecule has 3 heterocycles. The predicted molar refractivity (Wildman–Crippen MR) is 48.6 cm³/mol. The van der Waals surface area contributed by atoms with Crippen LogP contribution in [0.1, 0.15) is 6.42 Å². The lowest BCUT2D eigenvalue weighted by Crippen LogP contribution is -2.56. The predicted octanol–water partition coefficient (Wildman–Crippen LogP) is 0.354. The fraction of sp³-hybridized carbons (Fsp3) is 1.00. The van der Waals surface area contributed by atoms with Gasteiger partial charge in [-0.3, -0.25) is 4.90 Å². The Hall–Kier alpha value is -0.120. The molecule has 0 aromatic heterocycles. The van der Waals surface area contributed by atoms with Gasteiger partial charge in [0, 0.05) is 13.1 Å². The Balaban J connectivity index is 1.64. The zero-order valence-corrected chi connectivity index (χ0v) is 7.95. The normalized spacial score (nSPS) is 41.5. The third-order valence-corrected chi connectivity index (χ3v) is 3.50. The molecule has 13 heavy (non-hydrogen) atoms. The van der Waals surface area contributed by atoms with E-state index in [9.17, 15) is 0 Å². The summed E-state index contributed by atoms with van der Waals surface area (Å²) in [6.45, 7) is 6.37. The van der Waals surface area contributed by atoms with Gasteiger partial charge in [0.25, 0.3) is 0 Å². The minimum absolute atomic E-state index is 0.725. The Bertz CT molecular complexity index is 181. The van der Waals surface area contributed by atoms with Crippen molar-refractivity contribution in [3.8, 4) is 0 Å². The molecule has 0 aliphatic carbocycles. The molecule has 0 N–H and O–H groups in total. The first-order valence-corrected chi connectivity index (χ1v) is 5.31. The first-order valence-electron chi connectivity index (χ1n) is 5.31. The van der Waals surface area contributed by atoms with Crippen LogP contribution in [0, 0.1) is 11.8 Å². The molecule has 3 saturated heterocycles. The van der Waals surface area contributed by atoms with Gasteiger partial charge in [-0.2, -0.15) is 0 Å². The standard InChI is InChI=1S/C10H17NO2/c1-8-2-11(10-6-13-7-10)3-9(1)5-12-4-8/h8-10H,1-7H2/t8-,9+. The molecule has 74 valence electrons. The molecule has 3 heteroatoms. The first kappa shape index (κ1) is 8.21. The average molecular weight is 183 g/mol. The number of rotatable bonds is 1. The smallest absolute Gasteiger partial charge is 0.0645 e. The number of piperidine rings is 1. The average Bonchev–Trinajstić information content (AvgIpc) is 2.00. The van der Waals surface area contributed by atoms with E-state index in [1.807, 2.05) is 0 Å². The first-order chi connectivity index (χ1) is 6.42. The lowest BCUT2D eigenvalue weighted by molar-refractivity contribution is -0.113. The van der Waals surface area contributed by atoms with E-state index >= 15 is 0 Å². The summed E-state index contributed by atoms with van der Waals surface area (Å²) in [6, 6.07) is 0.725. The number of hydrogen-bond acceptors (Lipinski definition) is 3. The summed E-state index contributed by atoms with van der Waals surface area (Å²) in [6.07, 6.45) is 1.39. The summed E-state index contributed by atoms with van der Waals surface area (Å²) >= 11 is 0. The molecular weight excluding hydrogens is 166 g/mol. The van der Waals surface area contributed by atoms with Gasteiger partial charge in [-0.05, 0) is 18.3 Å². The second-order valence-electron chi connectivity index (χ2n) is 4.65. The van der Waals surface area contributed by atoms with Crippen molar-refractivity contribution in [2.24, 2.45) is 11.8 Å². The van der Waals surface area contributed by atoms with E-state index < -0.39 is 0 Å². The van der Waals surface area contributed by atoms with Gasteiger partial charge in [-0.15, -0.1) is 0 Å². The molecule has 3 aliphatic heterocycles. The molecule has 0 unspecified atom stereocenters. The van der Waals surface area contributed by atoms with Crippen molar-refractivity contribution in [1.82, 2.24) is 4.90 Å². The highest BCUT2D eigenvalue weighted by molar-refractivity contribution is 4.87. The van der Waals surface area contributed by atoms with Gasteiger partial charge < -0.3 is 9.47 Å². The Labute approximate surface area is 79.0 Å². The summed E-state index contributed by atoms with van der Waals surface area (Å²) in [7, 11) is 0. The summed E-state index contributed by atoms with van der Waals surface area (Å²) in [4.78, 5) is 2.62. The van der Waals surface area contributed by atoms with Crippen molar-refractivity contribution in [3.05, 3.63) is 0 Å². The zero-order valence-electron chi connectivity index (χ0n) is 7.95. The molecule has 2 atom stereocenters. The van der Waals surface area contributed by atoms with Gasteiger partial charge in [0.05, 0.1) is 32.5 Å². The van der Waals surface area contributed by atoms with Crippen LogP contribution in [0.3, 0.4) is 0 Å². The largest absolute Gasteiger partial charge is 0.381 e. The minimum Gasteiger partial charge on any atom is -0.381 e. The molecule has 0 aromatic carbocycles. The maximum atomic E-state index is 5.56. The van der Waals surface area contributed by atoms with Crippen LogP contribution in [-0.2, 0) is 9.47 Å². The number of nitrogens with zero attached hydrogens (tertiary/aromatic N) is 1. The van der Waals surface area contributed by atoms with Gasteiger partial charge in [0.1, 0.15) is 0 Å². The Morgan fingerprint density at radius 3 is 2.00 bits per heavy atom. The van der Waals surface area contributed by atoms with Crippen molar-refractivity contribution in [3.63, 3.8) is 0 Å². The molecule has 2 bridgehead atoms. The molecule has 3 fully saturated rings. The van der Waals surface area contributed by atoms with Gasteiger partial charge in [-0.1, -0.05) is 0 Å². The molecule has 3 nitrogen and oxygen atoms in total. The van der Waals surface area contributed by atoms with Crippen molar-refractivity contribution in [2.75, 3.05) is 39.5 Å². The minimum atomic E-state index is 0.725. The lowest BCUT2D eigenvalue weighted by atomic mass is 9.87. The monoisotopic (exact) mass is 183 g/mol. The third-order valence-electron chi connectivity index (χ3n) is 3.50. The zero-order chi connectivity index (χ0) is 8.67. The Kier molecular flexibility index (Phi) is 2.04. The van der Waals surface area contributed by atoms with Crippen molar-refractivity contribution in [2.45, 2.75) is 12.5 Å². The highest BCUT2D eigenvalue weighted by atomic mass is 16.5. The third kappa shape index (κ3) is 1.49. The van der Waals surface area contributed by atoms with E-state index in [0.717, 1.165) is 44.3 Å². The number of likely N-dealkylation sites (tertiary alicyclic amines) is 1. The van der Waals surface area contributed by atoms with Gasteiger partial charge in [-0.25, -0.2) is 0 Å². The van der Waals surface area contributed by atoms with Gasteiger partial charge >= 0.3 is 0 Å². The second-order valence-corrected chi connectivity index (χ2v) is 4.65. The molecule has 0 saturated carbocycles. The van der Waals surface area contributed by atoms with Crippen LogP contribution < -0.4 is 0 Å². The molecule has 3 aliphatic rings. The van der Waals surface area contributed by atoms with Crippen LogP contribution in [0.4, 0.5) is 0 Å². The van der Waals surface area contributed by atoms with Gasteiger partial charge in [0.15, 0.2) is 0 Å². The van der Waals surface area contributed by atoms with E-state index in [1.54, 1.807) is 0 Å². The van der Waals surface area contributed by atoms with Crippen molar-refractivity contribution in [1.29, 1.82) is 0 Å². The fourth-order valence-electron chi connectivity index (χ4n) is 2.73. The molecule has 0 spiro atoms. The summed E-state index contributed by atoms with van der Waals surface area (Å²) in [5, 5.41) is 0. The topological polar surface area (TPSA) is 21.7 Å². The van der Waals surface area contributed by atoms with E-state index in [4.69, 9.17) is 9.47 Å². The number of fused-ring (bicyclic) bond motifs is 2. The highest BCUT2D eigenvalue weighted by Crippen LogP contribution is 2.29. The van der Waals surface area contributed by atoms with Crippen LogP contribution in [0.15, 0.2) is 0 Å². The molecule has 0 radical (unpaired) electrons. The molecule has 3 rings (SSSR count). The van der Waals surface area contributed by atoms with E-state index in [-0.39, 0.29) is 0 Å². The Morgan fingerprint density at radius 2 is 1.46 bits per heavy atom. The van der Waals surface area contributed by atoms with Crippen molar-refractivity contribution < 1.29 is 9.47 Å². The SMILES string of the molecule is C1OCC1N1C[C@@H]2COC[C@@H](C2)C1. The fourth-order valence-corrected chi connectivity index (χ4v) is 2.73.